The summed E-state index contributed by atoms with van der Waals surface area (Å²) in [5.41, 5.74) is 2.28. The topological polar surface area (TPSA) is 69.7 Å². The molecule has 0 aliphatic carbocycles. The average Bonchev–Trinajstić information content (AvgIpc) is 2.74. The third-order valence-electron chi connectivity index (χ3n) is 5.59. The van der Waals surface area contributed by atoms with Gasteiger partial charge in [-0.3, -0.25) is 4.79 Å². The summed E-state index contributed by atoms with van der Waals surface area (Å²) >= 11 is 1.76. The molecular weight excluding hydrogens is 418 g/mol. The molecule has 0 radical (unpaired) electrons. The van der Waals surface area contributed by atoms with Crippen LogP contribution in [0.1, 0.15) is 19.3 Å². The number of piperidine rings is 1. The molecule has 1 saturated heterocycles. The summed E-state index contributed by atoms with van der Waals surface area (Å²) < 4.78 is 25.3. The molecule has 2 heterocycles. The van der Waals surface area contributed by atoms with Crippen LogP contribution < -0.4 is 9.62 Å². The number of nitrogens with one attached hydrogen (secondary N) is 1. The Morgan fingerprint density at radius 3 is 2.37 bits per heavy atom. The Balaban J connectivity index is 1.42. The van der Waals surface area contributed by atoms with Crippen molar-refractivity contribution in [2.45, 2.75) is 29.1 Å². The van der Waals surface area contributed by atoms with Crippen molar-refractivity contribution in [2.75, 3.05) is 37.3 Å². The molecule has 2 aromatic rings. The zero-order valence-corrected chi connectivity index (χ0v) is 18.7. The smallest absolute Gasteiger partial charge is 0.224 e. The summed E-state index contributed by atoms with van der Waals surface area (Å²) in [7, 11) is -3.20. The summed E-state index contributed by atoms with van der Waals surface area (Å²) in [5, 5.41) is 0. The number of sulfonamides is 1. The standard InChI is InChI=1S/C22H27N3O3S2/c1-30(27,28)23-15-17-7-6-13-24(16-17)22(26)12-14-25-18-8-2-4-10-20(18)29-21-11-5-3-9-19(21)25/h2-5,8-11,17,23H,6-7,12-16H2,1H3. The Kier molecular flexibility index (Phi) is 6.36. The first-order valence-electron chi connectivity index (χ1n) is 10.3. The number of amides is 1. The second-order valence-corrected chi connectivity index (χ2v) is 10.8. The number of hydrogen-bond donors (Lipinski definition) is 1. The maximum absolute atomic E-state index is 13.0. The van der Waals surface area contributed by atoms with E-state index >= 15 is 0 Å². The van der Waals surface area contributed by atoms with Gasteiger partial charge >= 0.3 is 0 Å². The number of carbonyl (C=O) groups excluding carboxylic acids is 1. The maximum Gasteiger partial charge on any atom is 0.224 e. The number of benzene rings is 2. The van der Waals surface area contributed by atoms with E-state index in [0.29, 0.717) is 26.1 Å². The monoisotopic (exact) mass is 445 g/mol. The average molecular weight is 446 g/mol. The molecule has 4 rings (SSSR count). The van der Waals surface area contributed by atoms with Gasteiger partial charge in [0.1, 0.15) is 0 Å². The summed E-state index contributed by atoms with van der Waals surface area (Å²) in [5.74, 6) is 0.303. The fourth-order valence-corrected chi connectivity index (χ4v) is 5.75. The molecule has 2 aromatic carbocycles. The van der Waals surface area contributed by atoms with E-state index in [1.165, 1.54) is 16.0 Å². The highest BCUT2D eigenvalue weighted by Gasteiger charge is 2.27. The Hall–Kier alpha value is -2.03. The van der Waals surface area contributed by atoms with Crippen LogP contribution in [-0.4, -0.2) is 51.7 Å². The van der Waals surface area contributed by atoms with Crippen LogP contribution in [0, 0.1) is 5.92 Å². The highest BCUT2D eigenvalue weighted by molar-refractivity contribution is 7.99. The number of rotatable bonds is 6. The van der Waals surface area contributed by atoms with Gasteiger partial charge in [-0.15, -0.1) is 0 Å². The van der Waals surface area contributed by atoms with Gasteiger partial charge in [-0.1, -0.05) is 36.0 Å². The maximum atomic E-state index is 13.0. The number of nitrogens with zero attached hydrogens (tertiary/aromatic N) is 2. The van der Waals surface area contributed by atoms with Crippen LogP contribution in [-0.2, 0) is 14.8 Å². The van der Waals surface area contributed by atoms with E-state index in [0.717, 1.165) is 30.8 Å². The highest BCUT2D eigenvalue weighted by Crippen LogP contribution is 2.47. The second kappa shape index (κ2) is 8.99. The molecule has 1 unspecified atom stereocenters. The first kappa shape index (κ1) is 21.2. The van der Waals surface area contributed by atoms with Gasteiger partial charge in [-0.05, 0) is 43.0 Å². The van der Waals surface area contributed by atoms with Crippen molar-refractivity contribution in [2.24, 2.45) is 5.92 Å². The van der Waals surface area contributed by atoms with Crippen LogP contribution in [0.25, 0.3) is 0 Å². The predicted molar refractivity (Wildman–Crippen MR) is 121 cm³/mol. The summed E-state index contributed by atoms with van der Waals surface area (Å²) in [6.45, 7) is 2.38. The van der Waals surface area contributed by atoms with Gasteiger partial charge < -0.3 is 9.80 Å². The molecule has 1 amide bonds. The van der Waals surface area contributed by atoms with Crippen molar-refractivity contribution < 1.29 is 13.2 Å². The van der Waals surface area contributed by atoms with E-state index in [1.54, 1.807) is 11.8 Å². The Labute approximate surface area is 182 Å². The Bertz CT molecular complexity index is 980. The Morgan fingerprint density at radius 2 is 1.73 bits per heavy atom. The minimum atomic E-state index is -3.20. The van der Waals surface area contributed by atoms with Crippen molar-refractivity contribution in [1.82, 2.24) is 9.62 Å². The number of fused-ring (bicyclic) bond motifs is 2. The third-order valence-corrected chi connectivity index (χ3v) is 7.41. The quantitative estimate of drug-likeness (QED) is 0.737. The molecule has 0 aromatic heterocycles. The second-order valence-electron chi connectivity index (χ2n) is 7.91. The minimum absolute atomic E-state index is 0.132. The van der Waals surface area contributed by atoms with Crippen LogP contribution >= 0.6 is 11.8 Å². The molecule has 0 saturated carbocycles. The van der Waals surface area contributed by atoms with Crippen LogP contribution in [0.4, 0.5) is 11.4 Å². The highest BCUT2D eigenvalue weighted by atomic mass is 32.2. The minimum Gasteiger partial charge on any atom is -0.342 e. The number of hydrogen-bond acceptors (Lipinski definition) is 5. The molecule has 2 aliphatic heterocycles. The van der Waals surface area contributed by atoms with E-state index in [1.807, 2.05) is 29.2 Å². The number of para-hydroxylation sites is 2. The van der Waals surface area contributed by atoms with Crippen molar-refractivity contribution in [1.29, 1.82) is 0 Å². The van der Waals surface area contributed by atoms with E-state index in [4.69, 9.17) is 0 Å². The Morgan fingerprint density at radius 1 is 1.10 bits per heavy atom. The molecule has 160 valence electrons. The van der Waals surface area contributed by atoms with Gasteiger partial charge in [0.05, 0.1) is 17.6 Å². The lowest BCUT2D eigenvalue weighted by atomic mass is 9.98. The molecule has 1 atom stereocenters. The summed E-state index contributed by atoms with van der Waals surface area (Å²) in [4.78, 5) is 19.5. The number of likely N-dealkylation sites (tertiary alicyclic amines) is 1. The fourth-order valence-electron chi connectivity index (χ4n) is 4.12. The lowest BCUT2D eigenvalue weighted by molar-refractivity contribution is -0.132. The number of carbonyl (C=O) groups is 1. The molecule has 1 N–H and O–H groups in total. The van der Waals surface area contributed by atoms with Crippen molar-refractivity contribution in [3.8, 4) is 0 Å². The molecule has 2 aliphatic rings. The molecule has 6 nitrogen and oxygen atoms in total. The van der Waals surface area contributed by atoms with Gasteiger partial charge in [0, 0.05) is 42.4 Å². The van der Waals surface area contributed by atoms with Gasteiger partial charge in [0.2, 0.25) is 15.9 Å². The van der Waals surface area contributed by atoms with E-state index in [2.05, 4.69) is 33.9 Å². The van der Waals surface area contributed by atoms with Crippen LogP contribution in [0.15, 0.2) is 58.3 Å². The van der Waals surface area contributed by atoms with E-state index in [-0.39, 0.29) is 11.8 Å². The summed E-state index contributed by atoms with van der Waals surface area (Å²) in [6, 6.07) is 16.6. The van der Waals surface area contributed by atoms with Crippen LogP contribution in [0.2, 0.25) is 0 Å². The molecule has 8 heteroatoms. The van der Waals surface area contributed by atoms with E-state index < -0.39 is 10.0 Å². The fraction of sp³-hybridized carbons (Fsp3) is 0.409. The van der Waals surface area contributed by atoms with E-state index in [9.17, 15) is 13.2 Å². The predicted octanol–water partition coefficient (Wildman–Crippen LogP) is 3.47. The first-order chi connectivity index (χ1) is 14.4. The lowest BCUT2D eigenvalue weighted by Gasteiger charge is -2.35. The molecular formula is C22H27N3O3S2. The van der Waals surface area contributed by atoms with Gasteiger partial charge in [-0.2, -0.15) is 0 Å². The van der Waals surface area contributed by atoms with Crippen LogP contribution in [0.3, 0.4) is 0 Å². The lowest BCUT2D eigenvalue weighted by Crippen LogP contribution is -2.44. The summed E-state index contributed by atoms with van der Waals surface area (Å²) in [6.07, 6.45) is 3.45. The molecule has 0 spiro atoms. The number of anilines is 2. The SMILES string of the molecule is CS(=O)(=O)NCC1CCCN(C(=O)CCN2c3ccccc3Sc3ccccc32)C1. The van der Waals surface area contributed by atoms with Gasteiger partial charge in [0.15, 0.2) is 0 Å². The van der Waals surface area contributed by atoms with Crippen molar-refractivity contribution in [3.63, 3.8) is 0 Å². The third kappa shape index (κ3) is 4.99. The molecule has 0 bridgehead atoms. The zero-order valence-electron chi connectivity index (χ0n) is 17.1. The van der Waals surface area contributed by atoms with Crippen molar-refractivity contribution in [3.05, 3.63) is 48.5 Å². The van der Waals surface area contributed by atoms with Gasteiger partial charge in [-0.25, -0.2) is 13.1 Å². The van der Waals surface area contributed by atoms with Gasteiger partial charge in [0.25, 0.3) is 0 Å². The molecule has 1 fully saturated rings. The normalized spacial score (nSPS) is 18.6. The first-order valence-corrected chi connectivity index (χ1v) is 13.0. The zero-order chi connectivity index (χ0) is 21.1. The van der Waals surface area contributed by atoms with Crippen molar-refractivity contribution >= 4 is 39.1 Å². The van der Waals surface area contributed by atoms with Crippen LogP contribution in [0.5, 0.6) is 0 Å². The molecule has 30 heavy (non-hydrogen) atoms. The largest absolute Gasteiger partial charge is 0.342 e.